The smallest absolute Gasteiger partial charge is 0.193 e. The van der Waals surface area contributed by atoms with Crippen LogP contribution in [0.3, 0.4) is 0 Å². The Morgan fingerprint density at radius 1 is 1.06 bits per heavy atom. The van der Waals surface area contributed by atoms with Crippen LogP contribution in [-0.2, 0) is 12.8 Å². The van der Waals surface area contributed by atoms with Gasteiger partial charge >= 0.3 is 0 Å². The van der Waals surface area contributed by atoms with Gasteiger partial charge in [-0.05, 0) is 53.3 Å². The van der Waals surface area contributed by atoms with Crippen LogP contribution in [0, 0.1) is 0 Å². The molecule has 1 aromatic carbocycles. The first-order chi connectivity index (χ1) is 8.65. The Kier molecular flexibility index (Phi) is 4.36. The molecule has 0 amide bonds. The molecule has 0 N–H and O–H groups in total. The zero-order valence-electron chi connectivity index (χ0n) is 10.5. The van der Waals surface area contributed by atoms with Gasteiger partial charge in [-0.15, -0.1) is 11.6 Å². The maximum atomic E-state index is 6.42. The summed E-state index contributed by atoms with van der Waals surface area (Å²) in [6.45, 7) is 4.32. The van der Waals surface area contributed by atoms with Crippen LogP contribution in [0.4, 0.5) is 0 Å². The highest BCUT2D eigenvalue weighted by Crippen LogP contribution is 2.32. The number of hydrogen-bond acceptors (Lipinski definition) is 1. The second-order valence-electron chi connectivity index (χ2n) is 4.24. The van der Waals surface area contributed by atoms with E-state index in [9.17, 15) is 0 Å². The molecule has 1 aromatic heterocycles. The van der Waals surface area contributed by atoms with Gasteiger partial charge in [0.2, 0.25) is 0 Å². The van der Waals surface area contributed by atoms with Gasteiger partial charge in [-0.25, -0.2) is 0 Å². The minimum atomic E-state index is -0.284. The van der Waals surface area contributed by atoms with Crippen LogP contribution < -0.4 is 0 Å². The molecule has 3 heteroatoms. The van der Waals surface area contributed by atoms with Gasteiger partial charge in [-0.1, -0.05) is 32.0 Å². The van der Waals surface area contributed by atoms with E-state index in [0.717, 1.165) is 18.4 Å². The van der Waals surface area contributed by atoms with Crippen LogP contribution in [0.5, 0.6) is 0 Å². The molecular weight excluding hydrogens is 267 g/mol. The minimum Gasteiger partial charge on any atom is -0.448 e. The van der Waals surface area contributed by atoms with Crippen molar-refractivity contribution in [3.05, 3.63) is 58.0 Å². The molecule has 1 unspecified atom stereocenters. The Labute approximate surface area is 118 Å². The normalized spacial score (nSPS) is 12.7. The molecule has 0 bridgehead atoms. The van der Waals surface area contributed by atoms with Crippen LogP contribution in [0.25, 0.3) is 0 Å². The number of alkyl halides is 1. The van der Waals surface area contributed by atoms with Crippen molar-refractivity contribution in [3.8, 4) is 0 Å². The molecule has 2 aromatic rings. The molecule has 0 aliphatic heterocycles. The highest BCUT2D eigenvalue weighted by molar-refractivity contribution is 6.29. The minimum absolute atomic E-state index is 0.284. The molecule has 0 radical (unpaired) electrons. The quantitative estimate of drug-likeness (QED) is 0.686. The van der Waals surface area contributed by atoms with Crippen LogP contribution in [0.15, 0.2) is 34.7 Å². The van der Waals surface area contributed by atoms with Gasteiger partial charge in [-0.3, -0.25) is 0 Å². The van der Waals surface area contributed by atoms with Gasteiger partial charge in [-0.2, -0.15) is 0 Å². The Hall–Kier alpha value is -0.920. The summed E-state index contributed by atoms with van der Waals surface area (Å²) in [7, 11) is 0. The Morgan fingerprint density at radius 2 is 1.78 bits per heavy atom. The van der Waals surface area contributed by atoms with E-state index in [1.54, 1.807) is 6.07 Å². The van der Waals surface area contributed by atoms with Crippen molar-refractivity contribution < 1.29 is 4.42 Å². The van der Waals surface area contributed by atoms with Crippen LogP contribution in [0.1, 0.15) is 41.7 Å². The lowest BCUT2D eigenvalue weighted by Gasteiger charge is -2.12. The van der Waals surface area contributed by atoms with Crippen molar-refractivity contribution in [3.63, 3.8) is 0 Å². The highest BCUT2D eigenvalue weighted by atomic mass is 35.5. The van der Waals surface area contributed by atoms with Crippen LogP contribution in [0.2, 0.25) is 5.22 Å². The second kappa shape index (κ2) is 5.81. The summed E-state index contributed by atoms with van der Waals surface area (Å²) in [5.41, 5.74) is 3.78. The molecule has 18 heavy (non-hydrogen) atoms. The van der Waals surface area contributed by atoms with Crippen molar-refractivity contribution in [2.45, 2.75) is 32.1 Å². The third-order valence-corrected chi connectivity index (χ3v) is 3.80. The summed E-state index contributed by atoms with van der Waals surface area (Å²) in [4.78, 5) is 0. The predicted molar refractivity (Wildman–Crippen MR) is 76.6 cm³/mol. The maximum absolute atomic E-state index is 6.42. The van der Waals surface area contributed by atoms with E-state index in [-0.39, 0.29) is 5.38 Å². The van der Waals surface area contributed by atoms with E-state index in [1.165, 1.54) is 11.1 Å². The van der Waals surface area contributed by atoms with Crippen LogP contribution in [-0.4, -0.2) is 0 Å². The lowest BCUT2D eigenvalue weighted by molar-refractivity contribution is 0.518. The fourth-order valence-electron chi connectivity index (χ4n) is 2.11. The first-order valence-corrected chi connectivity index (χ1v) is 6.98. The summed E-state index contributed by atoms with van der Waals surface area (Å²) in [6.07, 6.45) is 2.06. The van der Waals surface area contributed by atoms with E-state index in [2.05, 4.69) is 32.0 Å². The molecule has 1 atom stereocenters. The van der Waals surface area contributed by atoms with Crippen molar-refractivity contribution >= 4 is 23.2 Å². The first kappa shape index (κ1) is 13.5. The first-order valence-electron chi connectivity index (χ1n) is 6.16. The Bertz CT molecular complexity index is 531. The monoisotopic (exact) mass is 282 g/mol. The average molecular weight is 283 g/mol. The number of rotatable bonds is 4. The van der Waals surface area contributed by atoms with Crippen LogP contribution >= 0.6 is 23.2 Å². The molecule has 0 aliphatic rings. The lowest BCUT2D eigenvalue weighted by atomic mass is 9.98. The van der Waals surface area contributed by atoms with Gasteiger partial charge in [0.05, 0.1) is 0 Å². The average Bonchev–Trinajstić information content (AvgIpc) is 2.83. The second-order valence-corrected chi connectivity index (χ2v) is 5.05. The SMILES string of the molecule is CCc1ccc(C(Cl)c2ccc(Cl)o2)cc1CC. The van der Waals surface area contributed by atoms with Crippen molar-refractivity contribution in [1.29, 1.82) is 0 Å². The zero-order chi connectivity index (χ0) is 13.1. The topological polar surface area (TPSA) is 13.1 Å². The number of hydrogen-bond donors (Lipinski definition) is 0. The molecule has 0 spiro atoms. The Balaban J connectivity index is 2.33. The number of aryl methyl sites for hydroxylation is 2. The van der Waals surface area contributed by atoms with E-state index in [4.69, 9.17) is 27.6 Å². The van der Waals surface area contributed by atoms with Crippen molar-refractivity contribution in [1.82, 2.24) is 0 Å². The molecule has 96 valence electrons. The maximum Gasteiger partial charge on any atom is 0.193 e. The molecule has 1 heterocycles. The number of benzene rings is 1. The largest absolute Gasteiger partial charge is 0.448 e. The van der Waals surface area contributed by atoms with Gasteiger partial charge < -0.3 is 4.42 Å². The summed E-state index contributed by atoms with van der Waals surface area (Å²) >= 11 is 12.2. The molecule has 2 rings (SSSR count). The Morgan fingerprint density at radius 3 is 2.33 bits per heavy atom. The van der Waals surface area contributed by atoms with Gasteiger partial charge in [0.25, 0.3) is 0 Å². The number of furan rings is 1. The van der Waals surface area contributed by atoms with E-state index in [0.29, 0.717) is 11.0 Å². The fourth-order valence-corrected chi connectivity index (χ4v) is 2.51. The molecule has 0 saturated carbocycles. The summed E-state index contributed by atoms with van der Waals surface area (Å²) < 4.78 is 5.36. The summed E-state index contributed by atoms with van der Waals surface area (Å²) in [6, 6.07) is 9.90. The summed E-state index contributed by atoms with van der Waals surface area (Å²) in [5.74, 6) is 0.688. The lowest BCUT2D eigenvalue weighted by Crippen LogP contribution is -1.97. The third-order valence-electron chi connectivity index (χ3n) is 3.13. The van der Waals surface area contributed by atoms with E-state index in [1.807, 2.05) is 6.07 Å². The van der Waals surface area contributed by atoms with E-state index < -0.39 is 0 Å². The molecule has 1 nitrogen and oxygen atoms in total. The zero-order valence-corrected chi connectivity index (χ0v) is 12.1. The number of halogens is 2. The summed E-state index contributed by atoms with van der Waals surface area (Å²) in [5, 5.41) is 0.0882. The standard InChI is InChI=1S/C15H16Cl2O/c1-3-10-5-6-12(9-11(10)4-2)15(17)13-7-8-14(16)18-13/h5-9,15H,3-4H2,1-2H3. The van der Waals surface area contributed by atoms with Gasteiger partial charge in [0.1, 0.15) is 11.1 Å². The molecule has 0 aliphatic carbocycles. The predicted octanol–water partition coefficient (Wildman–Crippen LogP) is 5.39. The van der Waals surface area contributed by atoms with Gasteiger partial charge in [0, 0.05) is 0 Å². The molecular formula is C15H16Cl2O. The van der Waals surface area contributed by atoms with Gasteiger partial charge in [0.15, 0.2) is 5.22 Å². The molecule has 0 saturated heterocycles. The third kappa shape index (κ3) is 2.73. The highest BCUT2D eigenvalue weighted by Gasteiger charge is 2.15. The van der Waals surface area contributed by atoms with E-state index >= 15 is 0 Å². The molecule has 0 fully saturated rings. The fraction of sp³-hybridized carbons (Fsp3) is 0.333. The van der Waals surface area contributed by atoms with Crippen molar-refractivity contribution in [2.24, 2.45) is 0 Å². The van der Waals surface area contributed by atoms with Crippen molar-refractivity contribution in [2.75, 3.05) is 0 Å².